The van der Waals surface area contributed by atoms with Crippen LogP contribution in [-0.4, -0.2) is 25.1 Å². The molecule has 0 unspecified atom stereocenters. The van der Waals surface area contributed by atoms with Gasteiger partial charge in [0.15, 0.2) is 0 Å². The monoisotopic (exact) mass is 259 g/mol. The highest BCUT2D eigenvalue weighted by atomic mass is 32.1. The third kappa shape index (κ3) is 2.21. The Labute approximate surface area is 107 Å². The van der Waals surface area contributed by atoms with Crippen molar-refractivity contribution >= 4 is 11.3 Å². The van der Waals surface area contributed by atoms with Gasteiger partial charge in [-0.15, -0.1) is 0 Å². The Kier molecular flexibility index (Phi) is 2.73. The molecule has 0 bridgehead atoms. The highest BCUT2D eigenvalue weighted by Crippen LogP contribution is 2.28. The van der Waals surface area contributed by atoms with E-state index in [1.165, 1.54) is 11.3 Å². The van der Waals surface area contributed by atoms with Gasteiger partial charge in [0.25, 0.3) is 5.19 Å². The van der Waals surface area contributed by atoms with E-state index in [0.717, 1.165) is 17.0 Å². The lowest BCUT2D eigenvalue weighted by Gasteiger charge is -1.99. The number of hydrogen-bond donors (Lipinski definition) is 1. The largest absolute Gasteiger partial charge is 0.410 e. The van der Waals surface area contributed by atoms with Gasteiger partial charge in [-0.1, -0.05) is 11.3 Å². The molecule has 0 amide bonds. The van der Waals surface area contributed by atoms with E-state index in [-0.39, 0.29) is 0 Å². The number of ether oxygens (including phenoxy) is 1. The van der Waals surface area contributed by atoms with Gasteiger partial charge in [0, 0.05) is 23.3 Å². The molecule has 7 heteroatoms. The Morgan fingerprint density at radius 1 is 1.22 bits per heavy atom. The van der Waals surface area contributed by atoms with E-state index >= 15 is 0 Å². The summed E-state index contributed by atoms with van der Waals surface area (Å²) >= 11 is 1.41. The van der Waals surface area contributed by atoms with Crippen LogP contribution in [0.5, 0.6) is 11.1 Å². The summed E-state index contributed by atoms with van der Waals surface area (Å²) in [4.78, 5) is 12.6. The molecular formula is C11H9N5OS. The standard InChI is InChI=1S/C11H9N5OS/c1-7-2-12-5-10(15-7)17-11-16-9(6-18-11)8-3-13-14-4-8/h2-6H,1H3,(H,13,14). The highest BCUT2D eigenvalue weighted by molar-refractivity contribution is 7.11. The average molecular weight is 259 g/mol. The molecule has 6 nitrogen and oxygen atoms in total. The first-order valence-electron chi connectivity index (χ1n) is 5.22. The summed E-state index contributed by atoms with van der Waals surface area (Å²) in [6.45, 7) is 1.86. The van der Waals surface area contributed by atoms with Crippen molar-refractivity contribution in [2.24, 2.45) is 0 Å². The molecule has 0 fully saturated rings. The second-order valence-corrected chi connectivity index (χ2v) is 4.41. The van der Waals surface area contributed by atoms with Gasteiger partial charge in [0.1, 0.15) is 0 Å². The Hall–Kier alpha value is -2.28. The van der Waals surface area contributed by atoms with Gasteiger partial charge in [-0.2, -0.15) is 5.10 Å². The normalized spacial score (nSPS) is 10.5. The molecule has 90 valence electrons. The van der Waals surface area contributed by atoms with E-state index in [0.29, 0.717) is 11.1 Å². The Morgan fingerprint density at radius 3 is 2.94 bits per heavy atom. The third-order valence-corrected chi connectivity index (χ3v) is 2.92. The summed E-state index contributed by atoms with van der Waals surface area (Å²) in [6, 6.07) is 0. The lowest BCUT2D eigenvalue weighted by molar-refractivity contribution is 0.456. The number of aryl methyl sites for hydroxylation is 1. The molecule has 1 N–H and O–H groups in total. The number of nitrogens with one attached hydrogen (secondary N) is 1. The van der Waals surface area contributed by atoms with E-state index in [2.05, 4.69) is 25.1 Å². The lowest BCUT2D eigenvalue weighted by atomic mass is 10.3. The van der Waals surface area contributed by atoms with Crippen LogP contribution in [0.1, 0.15) is 5.69 Å². The molecular weight excluding hydrogens is 250 g/mol. The molecule has 0 aliphatic heterocycles. The average Bonchev–Trinajstić information content (AvgIpc) is 2.98. The SMILES string of the molecule is Cc1cncc(Oc2nc(-c3cn[nH]c3)cs2)n1. The maximum Gasteiger partial charge on any atom is 0.280 e. The zero-order chi connectivity index (χ0) is 12.4. The molecule has 0 aliphatic rings. The van der Waals surface area contributed by atoms with Crippen LogP contribution in [0.3, 0.4) is 0 Å². The van der Waals surface area contributed by atoms with Gasteiger partial charge in [-0.05, 0) is 6.92 Å². The number of aromatic amines is 1. The fraction of sp³-hybridized carbons (Fsp3) is 0.0909. The molecule has 0 aliphatic carbocycles. The second-order valence-electron chi connectivity index (χ2n) is 3.59. The van der Waals surface area contributed by atoms with Gasteiger partial charge in [-0.25, -0.2) is 9.97 Å². The van der Waals surface area contributed by atoms with Crippen molar-refractivity contribution in [3.8, 4) is 22.3 Å². The van der Waals surface area contributed by atoms with Crippen molar-refractivity contribution in [1.29, 1.82) is 0 Å². The minimum atomic E-state index is 0.447. The van der Waals surface area contributed by atoms with E-state index in [1.54, 1.807) is 24.8 Å². The minimum Gasteiger partial charge on any atom is -0.410 e. The number of rotatable bonds is 3. The summed E-state index contributed by atoms with van der Waals surface area (Å²) < 4.78 is 5.54. The fourth-order valence-electron chi connectivity index (χ4n) is 1.41. The van der Waals surface area contributed by atoms with Crippen LogP contribution in [0, 0.1) is 6.92 Å². The maximum absolute atomic E-state index is 5.54. The Balaban J connectivity index is 1.82. The van der Waals surface area contributed by atoms with Crippen molar-refractivity contribution in [2.75, 3.05) is 0 Å². The summed E-state index contributed by atoms with van der Waals surface area (Å²) in [5.74, 6) is 0.447. The van der Waals surface area contributed by atoms with Crippen LogP contribution in [0.4, 0.5) is 0 Å². The molecule has 0 aromatic carbocycles. The van der Waals surface area contributed by atoms with E-state index in [4.69, 9.17) is 4.74 Å². The first-order valence-corrected chi connectivity index (χ1v) is 6.10. The Bertz CT molecular complexity index is 649. The van der Waals surface area contributed by atoms with Crippen LogP contribution in [0.2, 0.25) is 0 Å². The first-order chi connectivity index (χ1) is 8.81. The molecule has 3 rings (SSSR count). The van der Waals surface area contributed by atoms with Gasteiger partial charge >= 0.3 is 0 Å². The number of nitrogens with zero attached hydrogens (tertiary/aromatic N) is 4. The van der Waals surface area contributed by atoms with Crippen LogP contribution >= 0.6 is 11.3 Å². The number of hydrogen-bond acceptors (Lipinski definition) is 6. The molecule has 3 heterocycles. The van der Waals surface area contributed by atoms with E-state index < -0.39 is 0 Å². The molecule has 18 heavy (non-hydrogen) atoms. The van der Waals surface area contributed by atoms with Crippen molar-refractivity contribution in [1.82, 2.24) is 25.1 Å². The van der Waals surface area contributed by atoms with E-state index in [9.17, 15) is 0 Å². The third-order valence-electron chi connectivity index (χ3n) is 2.20. The highest BCUT2D eigenvalue weighted by Gasteiger charge is 2.08. The van der Waals surface area contributed by atoms with Crippen molar-refractivity contribution < 1.29 is 4.74 Å². The molecule has 0 spiro atoms. The van der Waals surface area contributed by atoms with E-state index in [1.807, 2.05) is 12.3 Å². The van der Waals surface area contributed by atoms with Gasteiger partial charge in [0.05, 0.1) is 23.8 Å². The van der Waals surface area contributed by atoms with Crippen molar-refractivity contribution in [3.63, 3.8) is 0 Å². The number of aromatic nitrogens is 5. The molecule has 0 radical (unpaired) electrons. The fourth-order valence-corrected chi connectivity index (χ4v) is 2.09. The van der Waals surface area contributed by atoms with Crippen LogP contribution < -0.4 is 4.74 Å². The van der Waals surface area contributed by atoms with Crippen LogP contribution in [-0.2, 0) is 0 Å². The summed E-state index contributed by atoms with van der Waals surface area (Å²) in [5, 5.41) is 9.07. The zero-order valence-corrected chi connectivity index (χ0v) is 10.3. The van der Waals surface area contributed by atoms with Gasteiger partial charge in [-0.3, -0.25) is 10.1 Å². The number of H-pyrrole nitrogens is 1. The molecule has 3 aromatic rings. The quantitative estimate of drug-likeness (QED) is 0.781. The zero-order valence-electron chi connectivity index (χ0n) is 9.49. The van der Waals surface area contributed by atoms with Crippen LogP contribution in [0.15, 0.2) is 30.2 Å². The second kappa shape index (κ2) is 4.53. The molecule has 0 atom stereocenters. The summed E-state index contributed by atoms with van der Waals surface area (Å²) in [6.07, 6.45) is 6.73. The van der Waals surface area contributed by atoms with Crippen LogP contribution in [0.25, 0.3) is 11.3 Å². The number of thiazole rings is 1. The predicted molar refractivity (Wildman–Crippen MR) is 66.5 cm³/mol. The van der Waals surface area contributed by atoms with Crippen molar-refractivity contribution in [2.45, 2.75) is 6.92 Å². The molecule has 0 saturated carbocycles. The molecule has 0 saturated heterocycles. The summed E-state index contributed by atoms with van der Waals surface area (Å²) in [7, 11) is 0. The van der Waals surface area contributed by atoms with Crippen molar-refractivity contribution in [3.05, 3.63) is 35.9 Å². The maximum atomic E-state index is 5.54. The molecule has 3 aromatic heterocycles. The van der Waals surface area contributed by atoms with Gasteiger partial charge < -0.3 is 4.74 Å². The smallest absolute Gasteiger partial charge is 0.280 e. The predicted octanol–water partition coefficient (Wildman–Crippen LogP) is 2.42. The summed E-state index contributed by atoms with van der Waals surface area (Å²) in [5.41, 5.74) is 2.56. The Morgan fingerprint density at radius 2 is 2.17 bits per heavy atom. The van der Waals surface area contributed by atoms with Gasteiger partial charge in [0.2, 0.25) is 5.88 Å². The minimum absolute atomic E-state index is 0.447. The lowest BCUT2D eigenvalue weighted by Crippen LogP contribution is -1.90. The first kappa shape index (κ1) is 10.8. The topological polar surface area (TPSA) is 76.6 Å².